The van der Waals surface area contributed by atoms with E-state index in [1.165, 1.54) is 25.3 Å². The molecule has 0 spiro atoms. The first-order valence-electron chi connectivity index (χ1n) is 10.0. The van der Waals surface area contributed by atoms with Crippen molar-refractivity contribution in [2.45, 2.75) is 43.5 Å². The molecule has 0 unspecified atom stereocenters. The number of carbonyl (C=O) groups is 2. The number of nitrogens with one attached hydrogen (secondary N) is 2. The second kappa shape index (κ2) is 9.82. The highest BCUT2D eigenvalue weighted by Crippen LogP contribution is 2.27. The fourth-order valence-corrected chi connectivity index (χ4v) is 4.65. The Morgan fingerprint density at radius 1 is 1.06 bits per heavy atom. The quantitative estimate of drug-likeness (QED) is 0.603. The van der Waals surface area contributed by atoms with Crippen molar-refractivity contribution < 1.29 is 27.5 Å². The van der Waals surface area contributed by atoms with Crippen molar-refractivity contribution in [1.82, 2.24) is 5.32 Å². The van der Waals surface area contributed by atoms with Gasteiger partial charge in [0.1, 0.15) is 10.6 Å². The van der Waals surface area contributed by atoms with Gasteiger partial charge in [0.05, 0.1) is 12.7 Å². The number of sulfonamides is 1. The van der Waals surface area contributed by atoms with Crippen molar-refractivity contribution in [3.05, 3.63) is 53.6 Å². The fraction of sp³-hybridized carbons (Fsp3) is 0.364. The number of hydrogen-bond acceptors (Lipinski definition) is 6. The number of methoxy groups -OCH3 is 1. The molecule has 1 aliphatic carbocycles. The van der Waals surface area contributed by atoms with Gasteiger partial charge in [-0.15, -0.1) is 0 Å². The predicted octanol–water partition coefficient (Wildman–Crippen LogP) is 3.02. The van der Waals surface area contributed by atoms with Gasteiger partial charge in [-0.25, -0.2) is 13.2 Å². The van der Waals surface area contributed by atoms with Gasteiger partial charge in [-0.3, -0.25) is 9.52 Å². The molecule has 0 aromatic heterocycles. The van der Waals surface area contributed by atoms with Crippen LogP contribution in [-0.2, 0) is 19.6 Å². The summed E-state index contributed by atoms with van der Waals surface area (Å²) in [5.41, 5.74) is 1.37. The molecule has 2 N–H and O–H groups in total. The van der Waals surface area contributed by atoms with Crippen LogP contribution >= 0.6 is 0 Å². The van der Waals surface area contributed by atoms with E-state index in [1.54, 1.807) is 24.3 Å². The second-order valence-electron chi connectivity index (χ2n) is 7.46. The van der Waals surface area contributed by atoms with Crippen LogP contribution in [0.15, 0.2) is 47.4 Å². The number of esters is 1. The lowest BCUT2D eigenvalue weighted by Gasteiger charge is -2.14. The predicted molar refractivity (Wildman–Crippen MR) is 116 cm³/mol. The number of ether oxygens (including phenoxy) is 2. The third-order valence-corrected chi connectivity index (χ3v) is 6.45. The molecule has 8 nitrogen and oxygen atoms in total. The van der Waals surface area contributed by atoms with Gasteiger partial charge in [0.2, 0.25) is 0 Å². The summed E-state index contributed by atoms with van der Waals surface area (Å²) in [4.78, 5) is 24.2. The molecule has 0 radical (unpaired) electrons. The van der Waals surface area contributed by atoms with E-state index in [0.29, 0.717) is 5.69 Å². The van der Waals surface area contributed by atoms with Gasteiger partial charge in [-0.1, -0.05) is 30.5 Å². The molecule has 3 rings (SSSR count). The number of amides is 1. The van der Waals surface area contributed by atoms with Crippen LogP contribution in [0, 0.1) is 6.92 Å². The standard InChI is InChI=1S/C22H26N2O6S/c1-15-7-10-18(11-8-15)24-31(27,28)20-13-16(9-12-19(20)29-2)22(26)30-14-21(25)23-17-5-3-4-6-17/h7-13,17,24H,3-6,14H2,1-2H3,(H,23,25). The van der Waals surface area contributed by atoms with Crippen molar-refractivity contribution in [1.29, 1.82) is 0 Å². The van der Waals surface area contributed by atoms with E-state index in [0.717, 1.165) is 31.2 Å². The van der Waals surface area contributed by atoms with E-state index in [2.05, 4.69) is 10.0 Å². The average molecular weight is 447 g/mol. The smallest absolute Gasteiger partial charge is 0.338 e. The second-order valence-corrected chi connectivity index (χ2v) is 9.11. The Morgan fingerprint density at radius 3 is 2.39 bits per heavy atom. The van der Waals surface area contributed by atoms with Crippen LogP contribution in [-0.4, -0.2) is 40.1 Å². The zero-order valence-corrected chi connectivity index (χ0v) is 18.3. The number of aryl methyl sites for hydroxylation is 1. The number of hydrogen-bond donors (Lipinski definition) is 2. The molecule has 1 amide bonds. The summed E-state index contributed by atoms with van der Waals surface area (Å²) in [5, 5.41) is 2.83. The van der Waals surface area contributed by atoms with Gasteiger partial charge in [0.25, 0.3) is 15.9 Å². The molecular formula is C22H26N2O6S. The summed E-state index contributed by atoms with van der Waals surface area (Å²) < 4.78 is 38.5. The summed E-state index contributed by atoms with van der Waals surface area (Å²) >= 11 is 0. The van der Waals surface area contributed by atoms with E-state index in [4.69, 9.17) is 9.47 Å². The lowest BCUT2D eigenvalue weighted by atomic mass is 10.2. The highest BCUT2D eigenvalue weighted by atomic mass is 32.2. The van der Waals surface area contributed by atoms with E-state index in [-0.39, 0.29) is 28.2 Å². The Balaban J connectivity index is 1.72. The Morgan fingerprint density at radius 2 is 1.74 bits per heavy atom. The summed E-state index contributed by atoms with van der Waals surface area (Å²) in [6, 6.07) is 10.9. The summed E-state index contributed by atoms with van der Waals surface area (Å²) in [6.45, 7) is 1.47. The fourth-order valence-electron chi connectivity index (χ4n) is 3.40. The van der Waals surface area contributed by atoms with Crippen LogP contribution < -0.4 is 14.8 Å². The molecule has 0 bridgehead atoms. The first kappa shape index (κ1) is 22.6. The van der Waals surface area contributed by atoms with Crippen LogP contribution in [0.2, 0.25) is 0 Å². The summed E-state index contributed by atoms with van der Waals surface area (Å²) in [6.07, 6.45) is 4.00. The minimum Gasteiger partial charge on any atom is -0.495 e. The molecule has 31 heavy (non-hydrogen) atoms. The van der Waals surface area contributed by atoms with Gasteiger partial charge in [-0.2, -0.15) is 0 Å². The maximum atomic E-state index is 12.9. The highest BCUT2D eigenvalue weighted by molar-refractivity contribution is 7.92. The zero-order chi connectivity index (χ0) is 22.4. The molecule has 1 saturated carbocycles. The number of carbonyl (C=O) groups excluding carboxylic acids is 2. The maximum Gasteiger partial charge on any atom is 0.338 e. The molecule has 0 heterocycles. The molecule has 0 saturated heterocycles. The SMILES string of the molecule is COc1ccc(C(=O)OCC(=O)NC2CCCC2)cc1S(=O)(=O)Nc1ccc(C)cc1. The van der Waals surface area contributed by atoms with Gasteiger partial charge in [0, 0.05) is 11.7 Å². The molecule has 1 fully saturated rings. The average Bonchev–Trinajstić information content (AvgIpc) is 3.26. The lowest BCUT2D eigenvalue weighted by molar-refractivity contribution is -0.124. The first-order valence-corrected chi connectivity index (χ1v) is 11.5. The van der Waals surface area contributed by atoms with Crippen LogP contribution in [0.3, 0.4) is 0 Å². The van der Waals surface area contributed by atoms with Gasteiger partial charge < -0.3 is 14.8 Å². The molecule has 0 atom stereocenters. The van der Waals surface area contributed by atoms with Crippen LogP contribution in [0.5, 0.6) is 5.75 Å². The molecule has 0 aliphatic heterocycles. The zero-order valence-electron chi connectivity index (χ0n) is 17.5. The molecule has 166 valence electrons. The Hall–Kier alpha value is -3.07. The molecule has 9 heteroatoms. The van der Waals surface area contributed by atoms with Crippen LogP contribution in [0.4, 0.5) is 5.69 Å². The van der Waals surface area contributed by atoms with E-state index >= 15 is 0 Å². The van der Waals surface area contributed by atoms with Gasteiger partial charge >= 0.3 is 5.97 Å². The number of anilines is 1. The highest BCUT2D eigenvalue weighted by Gasteiger charge is 2.23. The van der Waals surface area contributed by atoms with E-state index < -0.39 is 22.6 Å². The Kier molecular flexibility index (Phi) is 7.17. The Labute approximate surface area is 182 Å². The Bertz CT molecular complexity index is 1040. The van der Waals surface area contributed by atoms with Crippen molar-refractivity contribution in [3.8, 4) is 5.75 Å². The molecule has 2 aromatic carbocycles. The third kappa shape index (κ3) is 5.97. The third-order valence-electron chi connectivity index (χ3n) is 5.05. The number of rotatable bonds is 8. The van der Waals surface area contributed by atoms with Crippen molar-refractivity contribution in [2.24, 2.45) is 0 Å². The minimum absolute atomic E-state index is 0.00116. The summed E-state index contributed by atoms with van der Waals surface area (Å²) in [5.74, 6) is -1.09. The molecular weight excluding hydrogens is 420 g/mol. The topological polar surface area (TPSA) is 111 Å². The first-order chi connectivity index (χ1) is 14.8. The van der Waals surface area contributed by atoms with E-state index in [1.807, 2.05) is 6.92 Å². The van der Waals surface area contributed by atoms with Crippen LogP contribution in [0.1, 0.15) is 41.6 Å². The van der Waals surface area contributed by atoms with Crippen molar-refractivity contribution in [3.63, 3.8) is 0 Å². The monoisotopic (exact) mass is 446 g/mol. The van der Waals surface area contributed by atoms with Crippen molar-refractivity contribution >= 4 is 27.6 Å². The van der Waals surface area contributed by atoms with Crippen LogP contribution in [0.25, 0.3) is 0 Å². The maximum absolute atomic E-state index is 12.9. The minimum atomic E-state index is -4.03. The summed E-state index contributed by atoms with van der Waals surface area (Å²) in [7, 11) is -2.70. The van der Waals surface area contributed by atoms with Crippen molar-refractivity contribution in [2.75, 3.05) is 18.4 Å². The largest absolute Gasteiger partial charge is 0.495 e. The van der Waals surface area contributed by atoms with Gasteiger partial charge in [-0.05, 0) is 50.1 Å². The van der Waals surface area contributed by atoms with Gasteiger partial charge in [0.15, 0.2) is 6.61 Å². The van der Waals surface area contributed by atoms with E-state index in [9.17, 15) is 18.0 Å². The molecule has 2 aromatic rings. The lowest BCUT2D eigenvalue weighted by Crippen LogP contribution is -2.35. The number of benzene rings is 2. The molecule has 1 aliphatic rings. The normalized spacial score (nSPS) is 14.1.